The summed E-state index contributed by atoms with van der Waals surface area (Å²) >= 11 is 0. The first-order chi connectivity index (χ1) is 15.4. The van der Waals surface area contributed by atoms with E-state index in [-0.39, 0.29) is 10.3 Å². The monoisotopic (exact) mass is 444 g/mol. The molecule has 0 amide bonds. The van der Waals surface area contributed by atoms with Crippen LogP contribution in [-0.2, 0) is 15.4 Å². The summed E-state index contributed by atoms with van der Waals surface area (Å²) in [5.74, 6) is 0. The average Bonchev–Trinajstić information content (AvgIpc) is 3.09. The Balaban J connectivity index is 1.70. The number of nitrogens with zero attached hydrogens (tertiary/aromatic N) is 2. The molecular formula is C27H28N2O2S. The van der Waals surface area contributed by atoms with Gasteiger partial charge >= 0.3 is 0 Å². The zero-order chi connectivity index (χ0) is 22.8. The van der Waals surface area contributed by atoms with Crippen molar-refractivity contribution in [3.8, 4) is 0 Å². The summed E-state index contributed by atoms with van der Waals surface area (Å²) in [5.41, 5.74) is 4.69. The van der Waals surface area contributed by atoms with Crippen LogP contribution < -0.4 is 4.31 Å². The molecule has 0 unspecified atom stereocenters. The van der Waals surface area contributed by atoms with Crippen LogP contribution in [0.15, 0.2) is 101 Å². The number of anilines is 1. The van der Waals surface area contributed by atoms with Gasteiger partial charge in [-0.05, 0) is 62.6 Å². The highest BCUT2D eigenvalue weighted by atomic mass is 32.2. The van der Waals surface area contributed by atoms with Crippen molar-refractivity contribution >= 4 is 27.1 Å². The number of rotatable bonds is 7. The van der Waals surface area contributed by atoms with Crippen LogP contribution in [0.1, 0.15) is 37.8 Å². The smallest absolute Gasteiger partial charge is 0.257 e. The van der Waals surface area contributed by atoms with E-state index in [1.165, 1.54) is 9.87 Å². The fraction of sp³-hybridized carbons (Fsp3) is 0.222. The molecule has 4 rings (SSSR count). The van der Waals surface area contributed by atoms with Gasteiger partial charge in [-0.25, -0.2) is 12.7 Å². The molecule has 0 aromatic heterocycles. The molecule has 0 bridgehead atoms. The SMILES string of the molecule is CCC1=Nc2ccccc2[C@@]1(C)C/C=C/N(c1ccccc1)S(=O)(=O)c1ccc(C)cc1. The van der Waals surface area contributed by atoms with Crippen LogP contribution in [-0.4, -0.2) is 14.1 Å². The van der Waals surface area contributed by atoms with Gasteiger partial charge in [0.2, 0.25) is 0 Å². The van der Waals surface area contributed by atoms with Crippen molar-refractivity contribution in [1.29, 1.82) is 0 Å². The highest BCUT2D eigenvalue weighted by molar-refractivity contribution is 7.93. The first kappa shape index (κ1) is 22.0. The molecule has 1 heterocycles. The summed E-state index contributed by atoms with van der Waals surface area (Å²) in [4.78, 5) is 5.10. The third-order valence-electron chi connectivity index (χ3n) is 6.08. The van der Waals surface area contributed by atoms with Crippen molar-refractivity contribution in [3.05, 3.63) is 102 Å². The fourth-order valence-electron chi connectivity index (χ4n) is 4.25. The molecule has 0 fully saturated rings. The molecule has 0 saturated heterocycles. The number of aliphatic imine (C=N–C) groups is 1. The van der Waals surface area contributed by atoms with Crippen molar-refractivity contribution in [2.75, 3.05) is 4.31 Å². The number of hydrogen-bond acceptors (Lipinski definition) is 3. The first-order valence-corrected chi connectivity index (χ1v) is 12.3. The Labute approximate surface area is 191 Å². The molecule has 5 heteroatoms. The van der Waals surface area contributed by atoms with Gasteiger partial charge in [-0.2, -0.15) is 0 Å². The van der Waals surface area contributed by atoms with Crippen LogP contribution in [0.4, 0.5) is 11.4 Å². The van der Waals surface area contributed by atoms with Gasteiger partial charge in [0.05, 0.1) is 16.3 Å². The second-order valence-electron chi connectivity index (χ2n) is 8.30. The normalized spacial score (nSPS) is 17.9. The van der Waals surface area contributed by atoms with E-state index in [2.05, 4.69) is 19.9 Å². The molecule has 32 heavy (non-hydrogen) atoms. The lowest BCUT2D eigenvalue weighted by molar-refractivity contribution is 0.595. The Hall–Kier alpha value is -3.18. The average molecular weight is 445 g/mol. The van der Waals surface area contributed by atoms with Gasteiger partial charge in [0.15, 0.2) is 0 Å². The number of hydrogen-bond donors (Lipinski definition) is 0. The second kappa shape index (κ2) is 8.75. The Morgan fingerprint density at radius 3 is 2.28 bits per heavy atom. The van der Waals surface area contributed by atoms with Crippen LogP contribution in [0.25, 0.3) is 0 Å². The molecule has 3 aromatic carbocycles. The number of aryl methyl sites for hydroxylation is 1. The third-order valence-corrected chi connectivity index (χ3v) is 7.80. The molecule has 0 N–H and O–H groups in total. The Morgan fingerprint density at radius 1 is 0.938 bits per heavy atom. The van der Waals surface area contributed by atoms with Gasteiger partial charge in [0.1, 0.15) is 0 Å². The quantitative estimate of drug-likeness (QED) is 0.415. The summed E-state index contributed by atoms with van der Waals surface area (Å²) in [6.07, 6.45) is 5.14. The third kappa shape index (κ3) is 4.00. The molecule has 0 spiro atoms. The minimum Gasteiger partial charge on any atom is -0.257 e. The Kier molecular flexibility index (Phi) is 6.02. The topological polar surface area (TPSA) is 49.7 Å². The minimum atomic E-state index is -3.75. The number of benzene rings is 3. The molecule has 0 saturated carbocycles. The van der Waals surface area contributed by atoms with Crippen LogP contribution in [0.3, 0.4) is 0 Å². The lowest BCUT2D eigenvalue weighted by Gasteiger charge is -2.27. The summed E-state index contributed by atoms with van der Waals surface area (Å²) in [6, 6.07) is 24.3. The number of allylic oxidation sites excluding steroid dienone is 1. The highest BCUT2D eigenvalue weighted by Crippen LogP contribution is 2.43. The van der Waals surface area contributed by atoms with E-state index in [1.807, 2.05) is 73.7 Å². The Bertz CT molecular complexity index is 1260. The Morgan fingerprint density at radius 2 is 1.59 bits per heavy atom. The van der Waals surface area contributed by atoms with Gasteiger partial charge in [-0.1, -0.05) is 67.1 Å². The van der Waals surface area contributed by atoms with Crippen molar-refractivity contribution < 1.29 is 8.42 Å². The molecule has 0 radical (unpaired) electrons. The van der Waals surface area contributed by atoms with Crippen molar-refractivity contribution in [2.45, 2.75) is 43.9 Å². The van der Waals surface area contributed by atoms with E-state index < -0.39 is 10.0 Å². The summed E-state index contributed by atoms with van der Waals surface area (Å²) < 4.78 is 28.4. The zero-order valence-electron chi connectivity index (χ0n) is 18.7. The van der Waals surface area contributed by atoms with Crippen LogP contribution in [0.2, 0.25) is 0 Å². The van der Waals surface area contributed by atoms with Crippen molar-refractivity contribution in [2.24, 2.45) is 4.99 Å². The lowest BCUT2D eigenvalue weighted by Crippen LogP contribution is -2.29. The van der Waals surface area contributed by atoms with Gasteiger partial charge in [0.25, 0.3) is 10.0 Å². The van der Waals surface area contributed by atoms with Crippen molar-refractivity contribution in [1.82, 2.24) is 0 Å². The second-order valence-corrected chi connectivity index (χ2v) is 10.1. The molecular weight excluding hydrogens is 416 g/mol. The maximum Gasteiger partial charge on any atom is 0.268 e. The zero-order valence-corrected chi connectivity index (χ0v) is 19.5. The maximum absolute atomic E-state index is 13.5. The summed E-state index contributed by atoms with van der Waals surface area (Å²) in [5, 5.41) is 0. The number of para-hydroxylation sites is 2. The van der Waals surface area contributed by atoms with E-state index in [4.69, 9.17) is 4.99 Å². The van der Waals surface area contributed by atoms with E-state index in [0.29, 0.717) is 12.1 Å². The van der Waals surface area contributed by atoms with E-state index in [9.17, 15) is 8.42 Å². The van der Waals surface area contributed by atoms with Crippen molar-refractivity contribution in [3.63, 3.8) is 0 Å². The van der Waals surface area contributed by atoms with E-state index in [0.717, 1.165) is 23.4 Å². The largest absolute Gasteiger partial charge is 0.268 e. The van der Waals surface area contributed by atoms with Crippen LogP contribution in [0, 0.1) is 6.92 Å². The van der Waals surface area contributed by atoms with Gasteiger partial charge < -0.3 is 0 Å². The van der Waals surface area contributed by atoms with E-state index in [1.54, 1.807) is 18.3 Å². The maximum atomic E-state index is 13.5. The lowest BCUT2D eigenvalue weighted by atomic mass is 9.76. The molecule has 1 atom stereocenters. The molecule has 4 nitrogen and oxygen atoms in total. The molecule has 164 valence electrons. The fourth-order valence-corrected chi connectivity index (χ4v) is 5.60. The predicted molar refractivity (Wildman–Crippen MR) is 132 cm³/mol. The minimum absolute atomic E-state index is 0.252. The summed E-state index contributed by atoms with van der Waals surface area (Å²) in [7, 11) is -3.75. The molecule has 3 aromatic rings. The molecule has 1 aliphatic heterocycles. The van der Waals surface area contributed by atoms with Crippen LogP contribution >= 0.6 is 0 Å². The number of fused-ring (bicyclic) bond motifs is 1. The van der Waals surface area contributed by atoms with Gasteiger partial charge in [0, 0.05) is 17.3 Å². The standard InChI is InChI=1S/C27H28N2O2S/c1-4-26-27(3,24-13-8-9-14-25(24)28-26)19-10-20-29(22-11-6-5-7-12-22)32(30,31)23-17-15-21(2)16-18-23/h5-18,20H,4,19H2,1-3H3/b20-10+/t27-/m1/s1. The predicted octanol–water partition coefficient (Wildman–Crippen LogP) is 6.55. The molecule has 1 aliphatic rings. The summed E-state index contributed by atoms with van der Waals surface area (Å²) in [6.45, 7) is 6.25. The molecule has 0 aliphatic carbocycles. The number of sulfonamides is 1. The van der Waals surface area contributed by atoms with E-state index >= 15 is 0 Å². The van der Waals surface area contributed by atoms with Gasteiger partial charge in [-0.15, -0.1) is 0 Å². The first-order valence-electron chi connectivity index (χ1n) is 10.9. The highest BCUT2D eigenvalue weighted by Gasteiger charge is 2.37. The van der Waals surface area contributed by atoms with Gasteiger partial charge in [-0.3, -0.25) is 4.99 Å². The van der Waals surface area contributed by atoms with Crippen LogP contribution in [0.5, 0.6) is 0 Å².